The Morgan fingerprint density at radius 3 is 2.30 bits per heavy atom. The highest BCUT2D eigenvalue weighted by molar-refractivity contribution is 5.26. The van der Waals surface area contributed by atoms with Crippen LogP contribution in [0.15, 0.2) is 30.3 Å². The van der Waals surface area contributed by atoms with Crippen LogP contribution in [0.2, 0.25) is 0 Å². The van der Waals surface area contributed by atoms with E-state index in [2.05, 4.69) is 30.3 Å². The lowest BCUT2D eigenvalue weighted by Crippen LogP contribution is -2.56. The Labute approximate surface area is 122 Å². The Kier molecular flexibility index (Phi) is 3.87. The summed E-state index contributed by atoms with van der Waals surface area (Å²) in [6, 6.07) is 10.6. The Hall–Kier alpha value is -0.860. The van der Waals surface area contributed by atoms with Crippen molar-refractivity contribution in [1.29, 1.82) is 0 Å². The molecule has 0 radical (unpaired) electrons. The maximum absolute atomic E-state index is 11.7. The predicted molar refractivity (Wildman–Crippen MR) is 82.6 cm³/mol. The summed E-state index contributed by atoms with van der Waals surface area (Å²) in [5.41, 5.74) is 6.82. The first-order valence-electron chi connectivity index (χ1n) is 8.19. The van der Waals surface area contributed by atoms with Crippen LogP contribution in [0.1, 0.15) is 62.8 Å². The molecular formula is C18H27NO. The molecular weight excluding hydrogens is 246 g/mol. The quantitative estimate of drug-likeness (QED) is 0.884. The molecule has 0 saturated heterocycles. The SMILES string of the molecule is NCC1(C2(O)CCCCC2c2ccccc2)CCCC1. The molecule has 1 aromatic rings. The Balaban J connectivity index is 1.99. The van der Waals surface area contributed by atoms with Crippen molar-refractivity contribution < 1.29 is 5.11 Å². The van der Waals surface area contributed by atoms with Crippen LogP contribution in [-0.2, 0) is 0 Å². The van der Waals surface area contributed by atoms with Crippen LogP contribution >= 0.6 is 0 Å². The lowest BCUT2D eigenvalue weighted by atomic mass is 9.57. The van der Waals surface area contributed by atoms with Crippen molar-refractivity contribution in [1.82, 2.24) is 0 Å². The van der Waals surface area contributed by atoms with E-state index >= 15 is 0 Å². The lowest BCUT2D eigenvalue weighted by molar-refractivity contribution is -0.119. The molecule has 2 atom stereocenters. The minimum absolute atomic E-state index is 0.0477. The van der Waals surface area contributed by atoms with Gasteiger partial charge in [-0.1, -0.05) is 56.0 Å². The minimum Gasteiger partial charge on any atom is -0.389 e. The molecule has 2 fully saturated rings. The van der Waals surface area contributed by atoms with Gasteiger partial charge in [-0.25, -0.2) is 0 Å². The molecule has 2 nitrogen and oxygen atoms in total. The fourth-order valence-corrected chi connectivity index (χ4v) is 4.78. The van der Waals surface area contributed by atoms with Crippen molar-refractivity contribution >= 4 is 0 Å². The molecule has 2 aliphatic carbocycles. The van der Waals surface area contributed by atoms with Crippen molar-refractivity contribution in [2.75, 3.05) is 6.54 Å². The summed E-state index contributed by atoms with van der Waals surface area (Å²) in [7, 11) is 0. The van der Waals surface area contributed by atoms with E-state index in [0.29, 0.717) is 6.54 Å². The van der Waals surface area contributed by atoms with E-state index < -0.39 is 5.60 Å². The summed E-state index contributed by atoms with van der Waals surface area (Å²) in [5, 5.41) is 11.7. The number of hydrogen-bond donors (Lipinski definition) is 2. The van der Waals surface area contributed by atoms with Gasteiger partial charge in [-0.2, -0.15) is 0 Å². The van der Waals surface area contributed by atoms with Crippen molar-refractivity contribution in [2.45, 2.75) is 62.9 Å². The predicted octanol–water partition coefficient (Wildman–Crippen LogP) is 3.59. The van der Waals surface area contributed by atoms with Gasteiger partial charge in [-0.15, -0.1) is 0 Å². The van der Waals surface area contributed by atoms with Crippen LogP contribution in [0, 0.1) is 5.41 Å². The summed E-state index contributed by atoms with van der Waals surface area (Å²) < 4.78 is 0. The van der Waals surface area contributed by atoms with Crippen LogP contribution in [-0.4, -0.2) is 17.3 Å². The second-order valence-electron chi connectivity index (χ2n) is 6.82. The third kappa shape index (κ3) is 2.10. The van der Waals surface area contributed by atoms with Crippen LogP contribution < -0.4 is 5.73 Å². The van der Waals surface area contributed by atoms with E-state index in [9.17, 15) is 5.11 Å². The molecule has 0 amide bonds. The van der Waals surface area contributed by atoms with Crippen molar-refractivity contribution in [3.05, 3.63) is 35.9 Å². The van der Waals surface area contributed by atoms with Crippen LogP contribution in [0.4, 0.5) is 0 Å². The van der Waals surface area contributed by atoms with E-state index in [-0.39, 0.29) is 11.3 Å². The van der Waals surface area contributed by atoms with Gasteiger partial charge >= 0.3 is 0 Å². The average Bonchev–Trinajstić information content (AvgIpc) is 2.99. The van der Waals surface area contributed by atoms with Crippen LogP contribution in [0.25, 0.3) is 0 Å². The zero-order chi connectivity index (χ0) is 14.1. The van der Waals surface area contributed by atoms with E-state index in [1.54, 1.807) is 0 Å². The second-order valence-corrected chi connectivity index (χ2v) is 6.82. The molecule has 2 heteroatoms. The van der Waals surface area contributed by atoms with Gasteiger partial charge in [-0.3, -0.25) is 0 Å². The summed E-state index contributed by atoms with van der Waals surface area (Å²) in [6.07, 6.45) is 9.03. The van der Waals surface area contributed by atoms with Gasteiger partial charge in [0.25, 0.3) is 0 Å². The average molecular weight is 273 g/mol. The summed E-state index contributed by atoms with van der Waals surface area (Å²) in [4.78, 5) is 0. The van der Waals surface area contributed by atoms with E-state index in [0.717, 1.165) is 32.1 Å². The smallest absolute Gasteiger partial charge is 0.0783 e. The van der Waals surface area contributed by atoms with Gasteiger partial charge < -0.3 is 10.8 Å². The van der Waals surface area contributed by atoms with E-state index in [4.69, 9.17) is 5.73 Å². The number of benzene rings is 1. The Morgan fingerprint density at radius 2 is 1.65 bits per heavy atom. The third-order valence-corrected chi connectivity index (χ3v) is 5.95. The van der Waals surface area contributed by atoms with Gasteiger partial charge in [0.1, 0.15) is 0 Å². The van der Waals surface area contributed by atoms with Crippen LogP contribution in [0.3, 0.4) is 0 Å². The number of rotatable bonds is 3. The first-order chi connectivity index (χ1) is 9.72. The van der Waals surface area contributed by atoms with Gasteiger partial charge in [0, 0.05) is 17.9 Å². The maximum atomic E-state index is 11.7. The Bertz CT molecular complexity index is 438. The topological polar surface area (TPSA) is 46.2 Å². The summed E-state index contributed by atoms with van der Waals surface area (Å²) in [5.74, 6) is 0.263. The van der Waals surface area contributed by atoms with E-state index in [1.165, 1.54) is 24.8 Å². The molecule has 110 valence electrons. The molecule has 2 saturated carbocycles. The monoisotopic (exact) mass is 273 g/mol. The largest absolute Gasteiger partial charge is 0.389 e. The molecule has 0 spiro atoms. The number of nitrogens with two attached hydrogens (primary N) is 1. The normalized spacial score (nSPS) is 33.2. The van der Waals surface area contributed by atoms with Crippen molar-refractivity contribution in [3.8, 4) is 0 Å². The maximum Gasteiger partial charge on any atom is 0.0783 e. The molecule has 3 N–H and O–H groups in total. The summed E-state index contributed by atoms with van der Waals surface area (Å²) in [6.45, 7) is 0.632. The molecule has 1 aromatic carbocycles. The zero-order valence-electron chi connectivity index (χ0n) is 12.4. The van der Waals surface area contributed by atoms with Crippen LogP contribution in [0.5, 0.6) is 0 Å². The molecule has 0 aromatic heterocycles. The van der Waals surface area contributed by atoms with Gasteiger partial charge in [0.2, 0.25) is 0 Å². The van der Waals surface area contributed by atoms with Crippen molar-refractivity contribution in [2.24, 2.45) is 11.1 Å². The highest BCUT2D eigenvalue weighted by Crippen LogP contribution is 2.56. The molecule has 0 bridgehead atoms. The van der Waals surface area contributed by atoms with E-state index in [1.807, 2.05) is 0 Å². The fraction of sp³-hybridized carbons (Fsp3) is 0.667. The lowest BCUT2D eigenvalue weighted by Gasteiger charge is -2.52. The summed E-state index contributed by atoms with van der Waals surface area (Å²) >= 11 is 0. The van der Waals surface area contributed by atoms with Gasteiger partial charge in [-0.05, 0) is 31.2 Å². The minimum atomic E-state index is -0.599. The second kappa shape index (κ2) is 5.50. The first-order valence-corrected chi connectivity index (χ1v) is 8.19. The molecule has 20 heavy (non-hydrogen) atoms. The Morgan fingerprint density at radius 1 is 1.00 bits per heavy atom. The molecule has 3 rings (SSSR count). The van der Waals surface area contributed by atoms with Gasteiger partial charge in [0.15, 0.2) is 0 Å². The first kappa shape index (κ1) is 14.1. The zero-order valence-corrected chi connectivity index (χ0v) is 12.4. The third-order valence-electron chi connectivity index (χ3n) is 5.95. The highest BCUT2D eigenvalue weighted by Gasteiger charge is 2.55. The highest BCUT2D eigenvalue weighted by atomic mass is 16.3. The molecule has 2 unspecified atom stereocenters. The number of aliphatic hydroxyl groups is 1. The molecule has 0 heterocycles. The van der Waals surface area contributed by atoms with Gasteiger partial charge in [0.05, 0.1) is 5.60 Å². The molecule has 2 aliphatic rings. The van der Waals surface area contributed by atoms with Crippen molar-refractivity contribution in [3.63, 3.8) is 0 Å². The number of hydrogen-bond acceptors (Lipinski definition) is 2. The fourth-order valence-electron chi connectivity index (χ4n) is 4.78. The standard InChI is InChI=1S/C18H27NO/c19-14-17(11-6-7-12-17)18(20)13-5-4-10-16(18)15-8-2-1-3-9-15/h1-3,8-9,16,20H,4-7,10-14,19H2. The molecule has 0 aliphatic heterocycles.